The zero-order chi connectivity index (χ0) is 19.1. The van der Waals surface area contributed by atoms with Crippen molar-refractivity contribution < 1.29 is 9.26 Å². The fourth-order valence-electron chi connectivity index (χ4n) is 2.38. The van der Waals surface area contributed by atoms with Gasteiger partial charge in [0, 0.05) is 17.3 Å². The Labute approximate surface area is 163 Å². The van der Waals surface area contributed by atoms with E-state index in [0.29, 0.717) is 30.0 Å². The topological polar surface area (TPSA) is 72.2 Å². The monoisotopic (exact) mass is 380 g/mol. The molecule has 0 atom stereocenters. The van der Waals surface area contributed by atoms with Crippen molar-refractivity contribution in [2.45, 2.75) is 13.5 Å². The van der Waals surface area contributed by atoms with Crippen molar-refractivity contribution in [3.8, 4) is 17.1 Å². The Kier molecular flexibility index (Phi) is 6.17. The lowest BCUT2D eigenvalue weighted by Crippen LogP contribution is -2.28. The van der Waals surface area contributed by atoms with Gasteiger partial charge in [-0.15, -0.1) is 0 Å². The van der Waals surface area contributed by atoms with E-state index >= 15 is 0 Å². The second kappa shape index (κ2) is 8.95. The summed E-state index contributed by atoms with van der Waals surface area (Å²) in [5.41, 5.74) is 2.88. The van der Waals surface area contributed by atoms with Crippen molar-refractivity contribution in [1.82, 2.24) is 15.5 Å². The van der Waals surface area contributed by atoms with Crippen LogP contribution in [0.25, 0.3) is 11.4 Å². The molecule has 3 rings (SSSR count). The van der Waals surface area contributed by atoms with Gasteiger partial charge >= 0.3 is 0 Å². The number of benzene rings is 2. The first-order valence-electron chi connectivity index (χ1n) is 8.42. The van der Waals surface area contributed by atoms with Crippen molar-refractivity contribution in [3.05, 3.63) is 72.6 Å². The van der Waals surface area contributed by atoms with E-state index in [2.05, 4.69) is 27.4 Å². The molecule has 6 nitrogen and oxygen atoms in total. The number of ether oxygens (including phenoxy) is 1. The third-order valence-corrected chi connectivity index (χ3v) is 3.85. The van der Waals surface area contributed by atoms with Gasteiger partial charge in [0.15, 0.2) is 5.11 Å². The summed E-state index contributed by atoms with van der Waals surface area (Å²) in [6, 6.07) is 15.5. The molecule has 2 N–H and O–H groups in total. The maximum Gasteiger partial charge on any atom is 0.246 e. The van der Waals surface area contributed by atoms with E-state index in [1.807, 2.05) is 55.5 Å². The minimum absolute atomic E-state index is 0.331. The van der Waals surface area contributed by atoms with Gasteiger partial charge in [-0.1, -0.05) is 47.6 Å². The predicted octanol–water partition coefficient (Wildman–Crippen LogP) is 4.10. The predicted molar refractivity (Wildman–Crippen MR) is 110 cm³/mol. The maximum absolute atomic E-state index is 5.50. The van der Waals surface area contributed by atoms with Crippen LogP contribution < -0.4 is 15.4 Å². The van der Waals surface area contributed by atoms with E-state index in [4.69, 9.17) is 21.5 Å². The molecule has 1 aromatic heterocycles. The van der Waals surface area contributed by atoms with Crippen LogP contribution in [0.3, 0.4) is 0 Å². The summed E-state index contributed by atoms with van der Waals surface area (Å²) in [5.74, 6) is 1.75. The zero-order valence-electron chi connectivity index (χ0n) is 14.9. The summed E-state index contributed by atoms with van der Waals surface area (Å²) in [5, 5.41) is 10.6. The molecule has 2 aromatic carbocycles. The van der Waals surface area contributed by atoms with Gasteiger partial charge in [0.1, 0.15) is 12.4 Å². The van der Waals surface area contributed by atoms with E-state index in [1.54, 1.807) is 6.08 Å². The van der Waals surface area contributed by atoms with Crippen molar-refractivity contribution in [2.75, 3.05) is 11.9 Å². The number of thiocarbonyl (C=S) groups is 1. The van der Waals surface area contributed by atoms with Crippen LogP contribution in [0.5, 0.6) is 5.75 Å². The highest BCUT2D eigenvalue weighted by molar-refractivity contribution is 7.80. The number of rotatable bonds is 7. The Hall–Kier alpha value is -3.19. The van der Waals surface area contributed by atoms with Gasteiger partial charge in [0.2, 0.25) is 11.7 Å². The highest BCUT2D eigenvalue weighted by atomic mass is 32.1. The standard InChI is InChI=1S/C20H20N4O2S/c1-3-10-25-17-9-5-8-16(12-17)22-20(27)21-13-18-23-19(24-26-18)15-7-4-6-14(2)11-15/h3-9,11-12H,1,10,13H2,2H3,(H2,21,22,27). The molecule has 138 valence electrons. The van der Waals surface area contributed by atoms with Crippen LogP contribution in [0, 0.1) is 6.92 Å². The van der Waals surface area contributed by atoms with Crippen molar-refractivity contribution >= 4 is 23.0 Å². The highest BCUT2D eigenvalue weighted by Crippen LogP contribution is 2.18. The van der Waals surface area contributed by atoms with Crippen LogP contribution in [0.2, 0.25) is 0 Å². The highest BCUT2D eigenvalue weighted by Gasteiger charge is 2.09. The average molecular weight is 380 g/mol. The molecule has 0 unspecified atom stereocenters. The molecule has 0 saturated carbocycles. The first-order valence-corrected chi connectivity index (χ1v) is 8.83. The Morgan fingerprint density at radius 1 is 1.26 bits per heavy atom. The molecule has 27 heavy (non-hydrogen) atoms. The SMILES string of the molecule is C=CCOc1cccc(NC(=S)NCc2nc(-c3cccc(C)c3)no2)c1. The Morgan fingerprint density at radius 3 is 2.93 bits per heavy atom. The molecule has 0 saturated heterocycles. The van der Waals surface area contributed by atoms with Crippen LogP contribution in [-0.4, -0.2) is 21.9 Å². The Morgan fingerprint density at radius 2 is 2.11 bits per heavy atom. The molecule has 0 aliphatic rings. The molecule has 0 aliphatic carbocycles. The molecule has 0 spiro atoms. The summed E-state index contributed by atoms with van der Waals surface area (Å²) in [4.78, 5) is 4.39. The number of nitrogens with zero attached hydrogens (tertiary/aromatic N) is 2. The van der Waals surface area contributed by atoms with E-state index in [0.717, 1.165) is 22.6 Å². The second-order valence-corrected chi connectivity index (χ2v) is 6.22. The van der Waals surface area contributed by atoms with E-state index in [-0.39, 0.29) is 0 Å². The lowest BCUT2D eigenvalue weighted by atomic mass is 10.1. The molecule has 3 aromatic rings. The first kappa shape index (κ1) is 18.6. The molecule has 1 heterocycles. The molecule has 0 aliphatic heterocycles. The molecule has 7 heteroatoms. The van der Waals surface area contributed by atoms with Crippen molar-refractivity contribution in [3.63, 3.8) is 0 Å². The summed E-state index contributed by atoms with van der Waals surface area (Å²) in [7, 11) is 0. The first-order chi connectivity index (χ1) is 13.1. The molecular formula is C20H20N4O2S. The molecule has 0 amide bonds. The largest absolute Gasteiger partial charge is 0.489 e. The summed E-state index contributed by atoms with van der Waals surface area (Å²) in [6.45, 7) is 6.44. The minimum Gasteiger partial charge on any atom is -0.489 e. The molecule has 0 radical (unpaired) electrons. The van der Waals surface area contributed by atoms with Gasteiger partial charge in [-0.3, -0.25) is 0 Å². The third-order valence-electron chi connectivity index (χ3n) is 3.60. The van der Waals surface area contributed by atoms with E-state index in [1.165, 1.54) is 0 Å². The number of anilines is 1. The van der Waals surface area contributed by atoms with Gasteiger partial charge in [-0.2, -0.15) is 4.98 Å². The summed E-state index contributed by atoms with van der Waals surface area (Å²) >= 11 is 5.31. The maximum atomic E-state index is 5.50. The molecular weight excluding hydrogens is 360 g/mol. The fourth-order valence-corrected chi connectivity index (χ4v) is 2.57. The lowest BCUT2D eigenvalue weighted by Gasteiger charge is -2.10. The third kappa shape index (κ3) is 5.39. The van der Waals surface area contributed by atoms with Crippen LogP contribution >= 0.6 is 12.2 Å². The summed E-state index contributed by atoms with van der Waals surface area (Å²) in [6.07, 6.45) is 1.70. The van der Waals surface area contributed by atoms with Gasteiger partial charge in [-0.25, -0.2) is 0 Å². The Bertz CT molecular complexity index is 939. The van der Waals surface area contributed by atoms with E-state index < -0.39 is 0 Å². The van der Waals surface area contributed by atoms with Gasteiger partial charge < -0.3 is 19.9 Å². The summed E-state index contributed by atoms with van der Waals surface area (Å²) < 4.78 is 10.8. The quantitative estimate of drug-likeness (QED) is 0.472. The van der Waals surface area contributed by atoms with E-state index in [9.17, 15) is 0 Å². The zero-order valence-corrected chi connectivity index (χ0v) is 15.8. The van der Waals surface area contributed by atoms with Crippen LogP contribution in [0.4, 0.5) is 5.69 Å². The Balaban J connectivity index is 1.54. The smallest absolute Gasteiger partial charge is 0.246 e. The fraction of sp³-hybridized carbons (Fsp3) is 0.150. The molecule has 0 bridgehead atoms. The van der Waals surface area contributed by atoms with Crippen LogP contribution in [0.15, 0.2) is 65.7 Å². The number of hydrogen-bond acceptors (Lipinski definition) is 5. The number of aromatic nitrogens is 2. The van der Waals surface area contributed by atoms with Gasteiger partial charge in [0.05, 0.1) is 6.54 Å². The number of aryl methyl sites for hydroxylation is 1. The number of nitrogens with one attached hydrogen (secondary N) is 2. The second-order valence-electron chi connectivity index (χ2n) is 5.82. The molecule has 0 fully saturated rings. The van der Waals surface area contributed by atoms with Gasteiger partial charge in [-0.05, 0) is 37.3 Å². The van der Waals surface area contributed by atoms with Gasteiger partial charge in [0.25, 0.3) is 0 Å². The van der Waals surface area contributed by atoms with Crippen molar-refractivity contribution in [1.29, 1.82) is 0 Å². The lowest BCUT2D eigenvalue weighted by molar-refractivity contribution is 0.363. The minimum atomic E-state index is 0.331. The normalized spacial score (nSPS) is 10.3. The van der Waals surface area contributed by atoms with Crippen molar-refractivity contribution in [2.24, 2.45) is 0 Å². The van der Waals surface area contributed by atoms with Crippen LogP contribution in [0.1, 0.15) is 11.5 Å². The van der Waals surface area contributed by atoms with Crippen LogP contribution in [-0.2, 0) is 6.54 Å². The number of hydrogen-bond donors (Lipinski definition) is 2. The average Bonchev–Trinajstić information content (AvgIpc) is 3.14.